The van der Waals surface area contributed by atoms with Gasteiger partial charge in [0, 0.05) is 29.6 Å². The van der Waals surface area contributed by atoms with Gasteiger partial charge in [-0.3, -0.25) is 4.68 Å². The van der Waals surface area contributed by atoms with E-state index in [2.05, 4.69) is 60.0 Å². The fourth-order valence-electron chi connectivity index (χ4n) is 3.14. The molecular weight excluding hydrogens is 266 g/mol. The van der Waals surface area contributed by atoms with Crippen LogP contribution in [0.5, 0.6) is 0 Å². The first-order valence-electron chi connectivity index (χ1n) is 7.56. The molecule has 1 aromatic carbocycles. The van der Waals surface area contributed by atoms with Crippen molar-refractivity contribution in [1.29, 1.82) is 0 Å². The van der Waals surface area contributed by atoms with E-state index in [1.165, 1.54) is 35.2 Å². The molecule has 3 rings (SSSR count). The van der Waals surface area contributed by atoms with Gasteiger partial charge in [0.25, 0.3) is 0 Å². The fourth-order valence-corrected chi connectivity index (χ4v) is 4.57. The second-order valence-electron chi connectivity index (χ2n) is 5.43. The van der Waals surface area contributed by atoms with E-state index < -0.39 is 0 Å². The van der Waals surface area contributed by atoms with Crippen LogP contribution in [0.25, 0.3) is 10.9 Å². The molecule has 1 fully saturated rings. The molecule has 0 aliphatic carbocycles. The lowest BCUT2D eigenvalue weighted by Crippen LogP contribution is -2.36. The number of benzene rings is 1. The van der Waals surface area contributed by atoms with Gasteiger partial charge in [-0.1, -0.05) is 18.2 Å². The molecule has 1 saturated heterocycles. The maximum atomic E-state index is 4.83. The lowest BCUT2D eigenvalue weighted by Gasteiger charge is -2.21. The zero-order valence-corrected chi connectivity index (χ0v) is 13.1. The maximum absolute atomic E-state index is 4.83. The minimum atomic E-state index is 0.533. The Bertz CT molecular complexity index is 572. The van der Waals surface area contributed by atoms with Crippen molar-refractivity contribution in [2.24, 2.45) is 0 Å². The summed E-state index contributed by atoms with van der Waals surface area (Å²) in [6.45, 7) is 3.09. The number of thioether (sulfide) groups is 1. The third-order valence-corrected chi connectivity index (χ3v) is 5.75. The van der Waals surface area contributed by atoms with Crippen LogP contribution in [0.2, 0.25) is 0 Å². The molecule has 0 radical (unpaired) electrons. The molecule has 3 nitrogen and oxygen atoms in total. The van der Waals surface area contributed by atoms with Gasteiger partial charge in [0.15, 0.2) is 0 Å². The molecule has 2 atom stereocenters. The minimum Gasteiger partial charge on any atom is -0.316 e. The lowest BCUT2D eigenvalue weighted by molar-refractivity contribution is 0.515. The molecule has 0 bridgehead atoms. The Morgan fingerprint density at radius 3 is 3.00 bits per heavy atom. The van der Waals surface area contributed by atoms with Gasteiger partial charge < -0.3 is 5.32 Å². The average molecular weight is 289 g/mol. The zero-order valence-electron chi connectivity index (χ0n) is 12.3. The predicted octanol–water partition coefficient (Wildman–Crippen LogP) is 3.08. The highest BCUT2D eigenvalue weighted by molar-refractivity contribution is 8.00. The molecule has 4 heteroatoms. The summed E-state index contributed by atoms with van der Waals surface area (Å²) in [5.74, 6) is 1.31. The fraction of sp³-hybridized carbons (Fsp3) is 0.562. The number of aromatic nitrogens is 2. The van der Waals surface area contributed by atoms with Gasteiger partial charge in [0.1, 0.15) is 0 Å². The van der Waals surface area contributed by atoms with Gasteiger partial charge in [0.2, 0.25) is 0 Å². The highest BCUT2D eigenvalue weighted by Crippen LogP contribution is 2.31. The Morgan fingerprint density at radius 1 is 1.45 bits per heavy atom. The number of para-hydroxylation sites is 1. The van der Waals surface area contributed by atoms with Crippen molar-refractivity contribution >= 4 is 22.7 Å². The van der Waals surface area contributed by atoms with Gasteiger partial charge in [-0.25, -0.2) is 0 Å². The average Bonchev–Trinajstić information content (AvgIpc) is 3.13. The van der Waals surface area contributed by atoms with Crippen molar-refractivity contribution in [2.45, 2.75) is 44.0 Å². The number of nitrogens with zero attached hydrogens (tertiary/aromatic N) is 2. The van der Waals surface area contributed by atoms with E-state index >= 15 is 0 Å². The Balaban J connectivity index is 1.89. The van der Waals surface area contributed by atoms with Crippen molar-refractivity contribution < 1.29 is 0 Å². The predicted molar refractivity (Wildman–Crippen MR) is 87.4 cm³/mol. The molecule has 1 aliphatic heterocycles. The summed E-state index contributed by atoms with van der Waals surface area (Å²) in [4.78, 5) is 0. The molecule has 1 aromatic heterocycles. The van der Waals surface area contributed by atoms with Gasteiger partial charge in [0.05, 0.1) is 11.2 Å². The normalized spacial score (nSPS) is 20.6. The Hall–Kier alpha value is -1.00. The highest BCUT2D eigenvalue weighted by Gasteiger charge is 2.26. The molecule has 108 valence electrons. The van der Waals surface area contributed by atoms with E-state index in [9.17, 15) is 0 Å². The van der Waals surface area contributed by atoms with Crippen molar-refractivity contribution in [3.63, 3.8) is 0 Å². The van der Waals surface area contributed by atoms with E-state index in [1.54, 1.807) is 0 Å². The van der Waals surface area contributed by atoms with Crippen LogP contribution in [0, 0.1) is 0 Å². The third kappa shape index (κ3) is 2.59. The number of likely N-dealkylation sites (N-methyl/N-ethyl adjacent to an activating group) is 1. The molecule has 20 heavy (non-hydrogen) atoms. The van der Waals surface area contributed by atoms with Crippen molar-refractivity contribution in [3.8, 4) is 0 Å². The van der Waals surface area contributed by atoms with Crippen LogP contribution in [-0.2, 0) is 13.0 Å². The number of hydrogen-bond donors (Lipinski definition) is 1. The van der Waals surface area contributed by atoms with Gasteiger partial charge >= 0.3 is 0 Å². The Morgan fingerprint density at radius 2 is 2.30 bits per heavy atom. The summed E-state index contributed by atoms with van der Waals surface area (Å²) in [5.41, 5.74) is 2.51. The zero-order chi connectivity index (χ0) is 13.9. The van der Waals surface area contributed by atoms with Crippen LogP contribution in [0.4, 0.5) is 0 Å². The first-order chi connectivity index (χ1) is 9.83. The third-order valence-electron chi connectivity index (χ3n) is 4.23. The van der Waals surface area contributed by atoms with Crippen LogP contribution < -0.4 is 5.32 Å². The number of fused-ring (bicyclic) bond motifs is 1. The smallest absolute Gasteiger partial charge is 0.0719 e. The molecule has 2 heterocycles. The summed E-state index contributed by atoms with van der Waals surface area (Å²) < 4.78 is 2.12. The largest absolute Gasteiger partial charge is 0.316 e. The number of aryl methyl sites for hydroxylation is 1. The first kappa shape index (κ1) is 14.0. The summed E-state index contributed by atoms with van der Waals surface area (Å²) in [6, 6.07) is 9.13. The van der Waals surface area contributed by atoms with Crippen LogP contribution in [0.1, 0.15) is 25.5 Å². The van der Waals surface area contributed by atoms with Crippen LogP contribution in [0.3, 0.4) is 0 Å². The molecular formula is C16H23N3S. The SMILES string of the molecule is CCn1nc(CC(NC)C2CCCS2)c2ccccc21. The number of nitrogens with one attached hydrogen (secondary N) is 1. The maximum Gasteiger partial charge on any atom is 0.0719 e. The summed E-state index contributed by atoms with van der Waals surface area (Å²) in [7, 11) is 2.09. The topological polar surface area (TPSA) is 29.9 Å². The molecule has 0 saturated carbocycles. The standard InChI is InChI=1S/C16H23N3S/c1-3-19-15-8-5-4-7-12(15)13(18-19)11-14(17-2)16-9-6-10-20-16/h4-5,7-8,14,16-17H,3,6,9-11H2,1-2H3. The molecule has 1 aliphatic rings. The van der Waals surface area contributed by atoms with E-state index in [0.29, 0.717) is 6.04 Å². The minimum absolute atomic E-state index is 0.533. The lowest BCUT2D eigenvalue weighted by atomic mass is 10.0. The Kier molecular flexibility index (Phi) is 4.32. The van der Waals surface area contributed by atoms with Crippen molar-refractivity contribution in [2.75, 3.05) is 12.8 Å². The molecule has 1 N–H and O–H groups in total. The molecule has 2 unspecified atom stereocenters. The van der Waals surface area contributed by atoms with Crippen LogP contribution in [-0.4, -0.2) is 33.9 Å². The second-order valence-corrected chi connectivity index (χ2v) is 6.78. The molecule has 0 amide bonds. The molecule has 0 spiro atoms. The number of rotatable bonds is 5. The van der Waals surface area contributed by atoms with Crippen LogP contribution >= 0.6 is 11.8 Å². The molecule has 2 aromatic rings. The van der Waals surface area contributed by atoms with E-state index in [1.807, 2.05) is 0 Å². The Labute approximate surface area is 125 Å². The summed E-state index contributed by atoms with van der Waals surface area (Å²) >= 11 is 2.12. The van der Waals surface area contributed by atoms with Crippen molar-refractivity contribution in [1.82, 2.24) is 15.1 Å². The monoisotopic (exact) mass is 289 g/mol. The summed E-state index contributed by atoms with van der Waals surface area (Å²) in [5, 5.41) is 10.4. The van der Waals surface area contributed by atoms with E-state index in [-0.39, 0.29) is 0 Å². The van der Waals surface area contributed by atoms with Gasteiger partial charge in [-0.05, 0) is 38.6 Å². The van der Waals surface area contributed by atoms with Gasteiger partial charge in [-0.15, -0.1) is 0 Å². The van der Waals surface area contributed by atoms with E-state index in [0.717, 1.165) is 18.2 Å². The number of hydrogen-bond acceptors (Lipinski definition) is 3. The highest BCUT2D eigenvalue weighted by atomic mass is 32.2. The van der Waals surface area contributed by atoms with Crippen molar-refractivity contribution in [3.05, 3.63) is 30.0 Å². The summed E-state index contributed by atoms with van der Waals surface area (Å²) in [6.07, 6.45) is 3.72. The van der Waals surface area contributed by atoms with Gasteiger partial charge in [-0.2, -0.15) is 16.9 Å². The second kappa shape index (κ2) is 6.19. The van der Waals surface area contributed by atoms with Crippen LogP contribution in [0.15, 0.2) is 24.3 Å². The van der Waals surface area contributed by atoms with E-state index in [4.69, 9.17) is 5.10 Å². The first-order valence-corrected chi connectivity index (χ1v) is 8.61. The quantitative estimate of drug-likeness (QED) is 0.917.